The molecule has 33 heavy (non-hydrogen) atoms. The molecule has 0 radical (unpaired) electrons. The van der Waals surface area contributed by atoms with Crippen LogP contribution < -0.4 is 0 Å². The van der Waals surface area contributed by atoms with E-state index >= 15 is 0 Å². The molecule has 3 heterocycles. The molecule has 0 bridgehead atoms. The topological polar surface area (TPSA) is 102 Å². The third kappa shape index (κ3) is 4.94. The maximum Gasteiger partial charge on any atom is 0.303 e. The minimum atomic E-state index is -0.783. The van der Waals surface area contributed by atoms with Crippen molar-refractivity contribution in [3.63, 3.8) is 0 Å². The smallest absolute Gasteiger partial charge is 0.303 e. The number of allylic oxidation sites excluding steroid dienone is 4. The fraction of sp³-hybridized carbons (Fsp3) is 0.400. The van der Waals surface area contributed by atoms with Crippen molar-refractivity contribution < 1.29 is 14.7 Å². The molecule has 0 saturated heterocycles. The first-order valence-corrected chi connectivity index (χ1v) is 11.5. The maximum atomic E-state index is 11.8. The van der Waals surface area contributed by atoms with Gasteiger partial charge in [-0.05, 0) is 37.7 Å². The van der Waals surface area contributed by atoms with E-state index in [0.29, 0.717) is 23.5 Å². The molecule has 1 N–H and O–H groups in total. The second-order valence-electron chi connectivity index (χ2n) is 8.65. The second kappa shape index (κ2) is 9.94. The fourth-order valence-electron chi connectivity index (χ4n) is 4.34. The summed E-state index contributed by atoms with van der Waals surface area (Å²) in [6, 6.07) is 0. The largest absolute Gasteiger partial charge is 0.481 e. The van der Waals surface area contributed by atoms with Crippen molar-refractivity contribution in [2.75, 3.05) is 0 Å². The molecule has 8 nitrogen and oxygen atoms in total. The monoisotopic (exact) mass is 447 g/mol. The zero-order chi connectivity index (χ0) is 23.4. The quantitative estimate of drug-likeness (QED) is 0.347. The van der Waals surface area contributed by atoms with Crippen LogP contribution in [0.3, 0.4) is 0 Å². The van der Waals surface area contributed by atoms with Crippen molar-refractivity contribution in [2.24, 2.45) is 5.92 Å². The Bertz CT molecular complexity index is 1220. The van der Waals surface area contributed by atoms with Gasteiger partial charge in [0.1, 0.15) is 0 Å². The summed E-state index contributed by atoms with van der Waals surface area (Å²) in [5.41, 5.74) is 4.75. The van der Waals surface area contributed by atoms with E-state index in [1.54, 1.807) is 16.9 Å². The third-order valence-electron chi connectivity index (χ3n) is 6.16. The Balaban J connectivity index is 1.65. The second-order valence-corrected chi connectivity index (χ2v) is 8.65. The van der Waals surface area contributed by atoms with Crippen LogP contribution in [0.2, 0.25) is 0 Å². The zero-order valence-corrected chi connectivity index (χ0v) is 19.0. The highest BCUT2D eigenvalue weighted by molar-refractivity contribution is 5.81. The van der Waals surface area contributed by atoms with Crippen LogP contribution in [0.5, 0.6) is 0 Å². The molecular formula is C25H29N5O3. The predicted octanol–water partition coefficient (Wildman–Crippen LogP) is 4.98. The highest BCUT2D eigenvalue weighted by Gasteiger charge is 2.20. The summed E-state index contributed by atoms with van der Waals surface area (Å²) in [6.45, 7) is 4.25. The van der Waals surface area contributed by atoms with Crippen molar-refractivity contribution in [3.8, 4) is 11.1 Å². The van der Waals surface area contributed by atoms with Crippen LogP contribution in [0, 0.1) is 5.92 Å². The van der Waals surface area contributed by atoms with Crippen LogP contribution in [-0.2, 0) is 4.79 Å². The van der Waals surface area contributed by atoms with Gasteiger partial charge < -0.3 is 5.11 Å². The molecule has 1 aliphatic carbocycles. The molecule has 0 amide bonds. The Morgan fingerprint density at radius 2 is 2.12 bits per heavy atom. The summed E-state index contributed by atoms with van der Waals surface area (Å²) < 4.78 is 3.50. The standard InChI is InChI=1S/C25H29N5O3/c1-3-18(8-4-5-10-23(32)33)24-20(16-31)15-30-25(28-24)22(13-27-30)19-12-26-29(14-19)21-9-6-7-17(2)11-21/h6,9,11-18H,3-5,7-8,10H2,1-2H3,(H,32,33). The minimum absolute atomic E-state index is 0.0773. The molecule has 1 aliphatic rings. The van der Waals surface area contributed by atoms with E-state index in [-0.39, 0.29) is 12.3 Å². The number of carboxylic acids is 1. The van der Waals surface area contributed by atoms with Gasteiger partial charge in [0, 0.05) is 35.9 Å². The van der Waals surface area contributed by atoms with Gasteiger partial charge >= 0.3 is 5.97 Å². The van der Waals surface area contributed by atoms with E-state index in [9.17, 15) is 9.59 Å². The lowest BCUT2D eigenvalue weighted by Gasteiger charge is -2.16. The van der Waals surface area contributed by atoms with E-state index in [2.05, 4.69) is 42.3 Å². The van der Waals surface area contributed by atoms with Crippen LogP contribution >= 0.6 is 0 Å². The Kier molecular flexibility index (Phi) is 6.82. The van der Waals surface area contributed by atoms with Gasteiger partial charge in [0.2, 0.25) is 0 Å². The highest BCUT2D eigenvalue weighted by Crippen LogP contribution is 2.30. The molecule has 8 heteroatoms. The molecule has 3 aromatic rings. The molecule has 2 atom stereocenters. The number of hydrogen-bond donors (Lipinski definition) is 1. The molecule has 4 rings (SSSR count). The molecule has 0 spiro atoms. The Hall–Kier alpha value is -3.55. The van der Waals surface area contributed by atoms with E-state index in [0.717, 1.165) is 54.5 Å². The van der Waals surface area contributed by atoms with Crippen molar-refractivity contribution in [3.05, 3.63) is 54.3 Å². The molecule has 0 saturated carbocycles. The van der Waals surface area contributed by atoms with Crippen molar-refractivity contribution >= 4 is 23.6 Å². The summed E-state index contributed by atoms with van der Waals surface area (Å²) in [5, 5.41) is 17.8. The van der Waals surface area contributed by atoms with Crippen LogP contribution in [0.1, 0.15) is 74.3 Å². The summed E-state index contributed by atoms with van der Waals surface area (Å²) in [7, 11) is 0. The number of nitrogens with zero attached hydrogens (tertiary/aromatic N) is 5. The summed E-state index contributed by atoms with van der Waals surface area (Å²) in [4.78, 5) is 27.5. The van der Waals surface area contributed by atoms with E-state index in [1.807, 2.05) is 17.1 Å². The third-order valence-corrected chi connectivity index (χ3v) is 6.16. The number of fused-ring (bicyclic) bond motifs is 1. The Labute approximate surface area is 192 Å². The lowest BCUT2D eigenvalue weighted by Crippen LogP contribution is -2.08. The number of carbonyl (C=O) groups is 2. The van der Waals surface area contributed by atoms with Gasteiger partial charge in [-0.25, -0.2) is 14.2 Å². The van der Waals surface area contributed by atoms with Crippen LogP contribution in [-0.4, -0.2) is 41.7 Å². The van der Waals surface area contributed by atoms with Gasteiger partial charge in [0.05, 0.1) is 29.3 Å². The molecule has 0 aliphatic heterocycles. The SMILES string of the molecule is CCC(CCCCC(=O)O)c1nc2c(-c3cnn(C4=CC(C)CC=C4)c3)cnn2cc1C=O. The number of aldehydes is 1. The van der Waals surface area contributed by atoms with Crippen LogP contribution in [0.4, 0.5) is 0 Å². The number of aromatic nitrogens is 5. The number of rotatable bonds is 10. The summed E-state index contributed by atoms with van der Waals surface area (Å²) in [5.74, 6) is -0.231. The number of aliphatic carboxylic acids is 1. The van der Waals surface area contributed by atoms with Gasteiger partial charge in [-0.3, -0.25) is 9.59 Å². The van der Waals surface area contributed by atoms with Gasteiger partial charge in [-0.2, -0.15) is 10.2 Å². The molecular weight excluding hydrogens is 418 g/mol. The van der Waals surface area contributed by atoms with Crippen molar-refractivity contribution in [2.45, 2.75) is 58.3 Å². The molecule has 2 unspecified atom stereocenters. The molecule has 3 aromatic heterocycles. The fourth-order valence-corrected chi connectivity index (χ4v) is 4.34. The van der Waals surface area contributed by atoms with Crippen LogP contribution in [0.15, 0.2) is 43.0 Å². The maximum absolute atomic E-state index is 11.8. The highest BCUT2D eigenvalue weighted by atomic mass is 16.4. The van der Waals surface area contributed by atoms with Gasteiger partial charge in [-0.1, -0.05) is 32.4 Å². The van der Waals surface area contributed by atoms with Crippen molar-refractivity contribution in [1.29, 1.82) is 0 Å². The first kappa shape index (κ1) is 22.6. The summed E-state index contributed by atoms with van der Waals surface area (Å²) >= 11 is 0. The number of unbranched alkanes of at least 4 members (excludes halogenated alkanes) is 1. The molecule has 0 aromatic carbocycles. The number of carbonyl (C=O) groups excluding carboxylic acids is 1. The Morgan fingerprint density at radius 1 is 1.27 bits per heavy atom. The van der Waals surface area contributed by atoms with E-state index in [4.69, 9.17) is 10.1 Å². The normalized spacial score (nSPS) is 16.7. The van der Waals surface area contributed by atoms with Gasteiger partial charge in [0.15, 0.2) is 11.9 Å². The van der Waals surface area contributed by atoms with Crippen LogP contribution in [0.25, 0.3) is 22.5 Å². The minimum Gasteiger partial charge on any atom is -0.481 e. The molecule has 172 valence electrons. The molecule has 0 fully saturated rings. The predicted molar refractivity (Wildman–Crippen MR) is 126 cm³/mol. The van der Waals surface area contributed by atoms with Gasteiger partial charge in [-0.15, -0.1) is 0 Å². The lowest BCUT2D eigenvalue weighted by molar-refractivity contribution is -0.137. The van der Waals surface area contributed by atoms with Gasteiger partial charge in [0.25, 0.3) is 0 Å². The zero-order valence-electron chi connectivity index (χ0n) is 19.0. The summed E-state index contributed by atoms with van der Waals surface area (Å²) in [6.07, 6.45) is 18.7. The van der Waals surface area contributed by atoms with Crippen molar-refractivity contribution in [1.82, 2.24) is 24.4 Å². The van der Waals surface area contributed by atoms with E-state index in [1.165, 1.54) is 0 Å². The first-order chi connectivity index (χ1) is 16.0. The number of hydrogen-bond acceptors (Lipinski definition) is 5. The first-order valence-electron chi connectivity index (χ1n) is 11.5. The average molecular weight is 448 g/mol. The average Bonchev–Trinajstić information content (AvgIpc) is 3.45. The Morgan fingerprint density at radius 3 is 2.85 bits per heavy atom. The number of carboxylic acid groups (broad SMARTS) is 1. The lowest BCUT2D eigenvalue weighted by atomic mass is 9.92. The van der Waals surface area contributed by atoms with E-state index < -0.39 is 5.97 Å².